The van der Waals surface area contributed by atoms with Gasteiger partial charge in [-0.05, 0) is 24.8 Å². The van der Waals surface area contributed by atoms with Gasteiger partial charge in [0.1, 0.15) is 5.69 Å². The van der Waals surface area contributed by atoms with E-state index < -0.39 is 0 Å². The van der Waals surface area contributed by atoms with Crippen LogP contribution in [0.25, 0.3) is 0 Å². The van der Waals surface area contributed by atoms with Gasteiger partial charge in [0.25, 0.3) is 0 Å². The van der Waals surface area contributed by atoms with E-state index in [0.717, 1.165) is 26.1 Å². The Morgan fingerprint density at radius 2 is 2.33 bits per heavy atom. The fourth-order valence-corrected chi connectivity index (χ4v) is 1.71. The van der Waals surface area contributed by atoms with Gasteiger partial charge in [-0.25, -0.2) is 4.98 Å². The standard InChI is InChI=1S/C11H16N4O3/c12-10(15-16)9-1-4-13-11(14-9)18-7-8-2-5-17-6-3-8/h1,4,8,16H,2-3,5-7H2,(H2,12,15). The van der Waals surface area contributed by atoms with E-state index in [1.165, 1.54) is 6.20 Å². The summed E-state index contributed by atoms with van der Waals surface area (Å²) in [7, 11) is 0. The predicted octanol–water partition coefficient (Wildman–Crippen LogP) is 0.376. The van der Waals surface area contributed by atoms with Crippen molar-refractivity contribution >= 4 is 5.84 Å². The van der Waals surface area contributed by atoms with E-state index in [9.17, 15) is 0 Å². The predicted molar refractivity (Wildman–Crippen MR) is 63.6 cm³/mol. The summed E-state index contributed by atoms with van der Waals surface area (Å²) in [6, 6.07) is 1.79. The molecule has 1 aromatic heterocycles. The second-order valence-corrected chi connectivity index (χ2v) is 4.08. The van der Waals surface area contributed by atoms with Gasteiger partial charge in [0.15, 0.2) is 5.84 Å². The third-order valence-corrected chi connectivity index (χ3v) is 2.79. The number of ether oxygens (including phenoxy) is 2. The summed E-state index contributed by atoms with van der Waals surface area (Å²) in [4.78, 5) is 8.03. The van der Waals surface area contributed by atoms with Crippen LogP contribution in [0.3, 0.4) is 0 Å². The molecule has 1 saturated heterocycles. The monoisotopic (exact) mass is 252 g/mol. The average Bonchev–Trinajstić information content (AvgIpc) is 2.45. The van der Waals surface area contributed by atoms with Crippen LogP contribution in [0.1, 0.15) is 18.5 Å². The van der Waals surface area contributed by atoms with Crippen molar-refractivity contribution in [3.8, 4) is 6.01 Å². The molecule has 1 aromatic rings. The van der Waals surface area contributed by atoms with Crippen LogP contribution in [0.4, 0.5) is 0 Å². The second kappa shape index (κ2) is 6.15. The molecule has 2 rings (SSSR count). The number of aromatic nitrogens is 2. The number of hydrogen-bond donors (Lipinski definition) is 2. The van der Waals surface area contributed by atoms with Crippen molar-refractivity contribution in [1.29, 1.82) is 0 Å². The second-order valence-electron chi connectivity index (χ2n) is 4.08. The van der Waals surface area contributed by atoms with Crippen molar-refractivity contribution in [2.45, 2.75) is 12.8 Å². The quantitative estimate of drug-likeness (QED) is 0.347. The molecule has 1 fully saturated rings. The summed E-state index contributed by atoms with van der Waals surface area (Å²) in [6.45, 7) is 2.11. The largest absolute Gasteiger partial charge is 0.463 e. The maximum atomic E-state index is 8.56. The minimum atomic E-state index is -0.0617. The highest BCUT2D eigenvalue weighted by Crippen LogP contribution is 2.15. The van der Waals surface area contributed by atoms with Gasteiger partial charge < -0.3 is 20.4 Å². The normalized spacial score (nSPS) is 17.7. The molecule has 0 saturated carbocycles. The van der Waals surface area contributed by atoms with E-state index in [2.05, 4.69) is 15.1 Å². The number of nitrogens with two attached hydrogens (primary N) is 1. The zero-order valence-corrected chi connectivity index (χ0v) is 9.95. The minimum Gasteiger partial charge on any atom is -0.463 e. The Hall–Kier alpha value is -1.89. The fraction of sp³-hybridized carbons (Fsp3) is 0.545. The number of oxime groups is 1. The van der Waals surface area contributed by atoms with E-state index in [1.807, 2.05) is 0 Å². The Labute approximate surface area is 105 Å². The topological polar surface area (TPSA) is 103 Å². The number of hydrogen-bond acceptors (Lipinski definition) is 6. The maximum absolute atomic E-state index is 8.56. The van der Waals surface area contributed by atoms with E-state index in [0.29, 0.717) is 18.2 Å². The molecule has 1 aliphatic rings. The first kappa shape index (κ1) is 12.6. The van der Waals surface area contributed by atoms with Crippen molar-refractivity contribution in [3.05, 3.63) is 18.0 Å². The molecule has 7 nitrogen and oxygen atoms in total. The Bertz CT molecular complexity index is 419. The maximum Gasteiger partial charge on any atom is 0.317 e. The van der Waals surface area contributed by atoms with Crippen LogP contribution in [0, 0.1) is 5.92 Å². The van der Waals surface area contributed by atoms with Crippen molar-refractivity contribution < 1.29 is 14.7 Å². The Balaban J connectivity index is 1.92. The van der Waals surface area contributed by atoms with Gasteiger partial charge in [-0.15, -0.1) is 0 Å². The first-order valence-corrected chi connectivity index (χ1v) is 5.81. The summed E-state index contributed by atoms with van der Waals surface area (Å²) < 4.78 is 10.8. The lowest BCUT2D eigenvalue weighted by molar-refractivity contribution is 0.0482. The molecule has 2 heterocycles. The number of amidine groups is 1. The van der Waals surface area contributed by atoms with Gasteiger partial charge >= 0.3 is 6.01 Å². The van der Waals surface area contributed by atoms with Gasteiger partial charge in [0.05, 0.1) is 6.61 Å². The summed E-state index contributed by atoms with van der Waals surface area (Å²) in [5.41, 5.74) is 5.78. The van der Waals surface area contributed by atoms with Crippen LogP contribution in [0.5, 0.6) is 6.01 Å². The average molecular weight is 252 g/mol. The molecule has 0 radical (unpaired) electrons. The smallest absolute Gasteiger partial charge is 0.317 e. The minimum absolute atomic E-state index is 0.0617. The van der Waals surface area contributed by atoms with E-state index >= 15 is 0 Å². The molecule has 0 aliphatic carbocycles. The molecule has 0 unspecified atom stereocenters. The highest BCUT2D eigenvalue weighted by molar-refractivity contribution is 5.95. The molecule has 0 amide bonds. The summed E-state index contributed by atoms with van der Waals surface area (Å²) >= 11 is 0. The first-order chi connectivity index (χ1) is 8.79. The Morgan fingerprint density at radius 3 is 3.06 bits per heavy atom. The van der Waals surface area contributed by atoms with Gasteiger partial charge in [0, 0.05) is 19.4 Å². The van der Waals surface area contributed by atoms with Crippen LogP contribution >= 0.6 is 0 Å². The van der Waals surface area contributed by atoms with Crippen molar-refractivity contribution in [2.24, 2.45) is 16.8 Å². The number of nitrogens with zero attached hydrogens (tertiary/aromatic N) is 3. The lowest BCUT2D eigenvalue weighted by Gasteiger charge is -2.21. The zero-order chi connectivity index (χ0) is 12.8. The molecular formula is C11H16N4O3. The van der Waals surface area contributed by atoms with Crippen LogP contribution in [-0.4, -0.2) is 40.8 Å². The molecule has 0 bridgehead atoms. The highest BCUT2D eigenvalue weighted by atomic mass is 16.5. The molecule has 98 valence electrons. The van der Waals surface area contributed by atoms with Gasteiger partial charge in [-0.3, -0.25) is 0 Å². The van der Waals surface area contributed by atoms with Gasteiger partial charge in [-0.1, -0.05) is 5.16 Å². The molecule has 1 aliphatic heterocycles. The zero-order valence-electron chi connectivity index (χ0n) is 9.95. The summed E-state index contributed by atoms with van der Waals surface area (Å²) in [6.07, 6.45) is 3.49. The third kappa shape index (κ3) is 3.30. The number of rotatable bonds is 4. The van der Waals surface area contributed by atoms with E-state index in [1.54, 1.807) is 6.07 Å². The molecule has 0 aromatic carbocycles. The first-order valence-electron chi connectivity index (χ1n) is 5.81. The fourth-order valence-electron chi connectivity index (χ4n) is 1.71. The van der Waals surface area contributed by atoms with Crippen LogP contribution in [0.2, 0.25) is 0 Å². The molecule has 0 atom stereocenters. The lowest BCUT2D eigenvalue weighted by atomic mass is 10.0. The molecule has 3 N–H and O–H groups in total. The molecule has 7 heteroatoms. The highest BCUT2D eigenvalue weighted by Gasteiger charge is 2.15. The van der Waals surface area contributed by atoms with Gasteiger partial charge in [0.2, 0.25) is 0 Å². The van der Waals surface area contributed by atoms with Crippen molar-refractivity contribution in [3.63, 3.8) is 0 Å². The Morgan fingerprint density at radius 1 is 1.56 bits per heavy atom. The van der Waals surface area contributed by atoms with Crippen LogP contribution in [0.15, 0.2) is 17.4 Å². The van der Waals surface area contributed by atoms with E-state index in [4.69, 9.17) is 20.4 Å². The SMILES string of the molecule is N/C(=N/O)c1ccnc(OCC2CCOCC2)n1. The molecule has 0 spiro atoms. The Kier molecular flexibility index (Phi) is 4.30. The third-order valence-electron chi connectivity index (χ3n) is 2.79. The van der Waals surface area contributed by atoms with Crippen LogP contribution in [-0.2, 0) is 4.74 Å². The molecular weight excluding hydrogens is 236 g/mol. The van der Waals surface area contributed by atoms with E-state index in [-0.39, 0.29) is 11.8 Å². The summed E-state index contributed by atoms with van der Waals surface area (Å²) in [5, 5.41) is 11.4. The molecule has 18 heavy (non-hydrogen) atoms. The van der Waals surface area contributed by atoms with Crippen molar-refractivity contribution in [1.82, 2.24) is 9.97 Å². The summed E-state index contributed by atoms with van der Waals surface area (Å²) in [5.74, 6) is 0.406. The van der Waals surface area contributed by atoms with Gasteiger partial charge in [-0.2, -0.15) is 4.98 Å². The van der Waals surface area contributed by atoms with Crippen molar-refractivity contribution in [2.75, 3.05) is 19.8 Å². The van der Waals surface area contributed by atoms with Crippen LogP contribution < -0.4 is 10.5 Å². The lowest BCUT2D eigenvalue weighted by Crippen LogP contribution is -2.22.